The predicted octanol–water partition coefficient (Wildman–Crippen LogP) is 6.12. The molecule has 0 radical (unpaired) electrons. The van der Waals surface area contributed by atoms with Gasteiger partial charge in [-0.3, -0.25) is 4.79 Å². The molecule has 0 heterocycles. The van der Waals surface area contributed by atoms with E-state index in [0.29, 0.717) is 10.7 Å². The average Bonchev–Trinajstić information content (AvgIpc) is 2.81. The first kappa shape index (κ1) is 25.4. The Balaban J connectivity index is 1.63. The van der Waals surface area contributed by atoms with Crippen LogP contribution in [0.15, 0.2) is 66.7 Å². The van der Waals surface area contributed by atoms with Gasteiger partial charge in [0.05, 0.1) is 15.6 Å². The van der Waals surface area contributed by atoms with Crippen molar-refractivity contribution in [3.63, 3.8) is 0 Å². The maximum absolute atomic E-state index is 12.8. The third-order valence-corrected chi connectivity index (χ3v) is 5.45. The standard InChI is InChI=1S/C24H19Cl3N2O5/c1-14(28-24(32)33-13-15-5-3-2-4-6-15)23(31)34-21-10-7-16(25)11-18(21)22(30)29-17-8-9-19(26)20(27)12-17/h2-12,14H,13H2,1H3,(H,28,32)(H,29,30)/t14-/m0/s1. The van der Waals surface area contributed by atoms with Crippen LogP contribution < -0.4 is 15.4 Å². The van der Waals surface area contributed by atoms with Gasteiger partial charge < -0.3 is 20.1 Å². The van der Waals surface area contributed by atoms with Gasteiger partial charge in [-0.1, -0.05) is 65.1 Å². The molecule has 0 aliphatic carbocycles. The summed E-state index contributed by atoms with van der Waals surface area (Å²) in [5.74, 6) is -1.44. The largest absolute Gasteiger partial charge is 0.445 e. The number of nitrogens with one attached hydrogen (secondary N) is 2. The van der Waals surface area contributed by atoms with Gasteiger partial charge in [-0.15, -0.1) is 0 Å². The number of hydrogen-bond acceptors (Lipinski definition) is 5. The number of anilines is 1. The van der Waals surface area contributed by atoms with Gasteiger partial charge in [0, 0.05) is 10.7 Å². The number of esters is 1. The number of hydrogen-bond donors (Lipinski definition) is 2. The van der Waals surface area contributed by atoms with Crippen LogP contribution in [0.5, 0.6) is 5.75 Å². The Morgan fingerprint density at radius 1 is 0.912 bits per heavy atom. The lowest BCUT2D eigenvalue weighted by atomic mass is 10.1. The molecular formula is C24H19Cl3N2O5. The second kappa shape index (κ2) is 11.7. The van der Waals surface area contributed by atoms with E-state index in [4.69, 9.17) is 44.3 Å². The molecule has 3 aromatic rings. The van der Waals surface area contributed by atoms with Crippen molar-refractivity contribution in [1.29, 1.82) is 0 Å². The molecule has 0 bridgehead atoms. The van der Waals surface area contributed by atoms with Crippen LogP contribution in [-0.2, 0) is 16.1 Å². The van der Waals surface area contributed by atoms with Crippen molar-refractivity contribution in [1.82, 2.24) is 5.32 Å². The molecule has 176 valence electrons. The van der Waals surface area contributed by atoms with E-state index in [1.54, 1.807) is 18.2 Å². The van der Waals surface area contributed by atoms with Gasteiger partial charge in [0.15, 0.2) is 0 Å². The molecule has 0 saturated heterocycles. The molecule has 3 rings (SSSR count). The van der Waals surface area contributed by atoms with Crippen LogP contribution in [0.25, 0.3) is 0 Å². The molecule has 2 N–H and O–H groups in total. The Kier molecular flexibility index (Phi) is 8.76. The van der Waals surface area contributed by atoms with Crippen molar-refractivity contribution in [3.05, 3.63) is 92.9 Å². The Hall–Kier alpha value is -3.26. The van der Waals surface area contributed by atoms with Crippen LogP contribution in [-0.4, -0.2) is 24.0 Å². The fourth-order valence-corrected chi connectivity index (χ4v) is 3.21. The zero-order valence-corrected chi connectivity index (χ0v) is 20.1. The Morgan fingerprint density at radius 3 is 2.35 bits per heavy atom. The first-order chi connectivity index (χ1) is 16.2. The van der Waals surface area contributed by atoms with Crippen molar-refractivity contribution >= 4 is 58.5 Å². The number of carbonyl (C=O) groups is 3. The molecule has 0 aliphatic rings. The third kappa shape index (κ3) is 7.12. The molecule has 2 amide bonds. The van der Waals surface area contributed by atoms with Crippen LogP contribution >= 0.6 is 34.8 Å². The topological polar surface area (TPSA) is 93.7 Å². The molecule has 7 nitrogen and oxygen atoms in total. The van der Waals surface area contributed by atoms with E-state index in [0.717, 1.165) is 5.56 Å². The minimum atomic E-state index is -1.05. The molecule has 0 aromatic heterocycles. The van der Waals surface area contributed by atoms with E-state index >= 15 is 0 Å². The summed E-state index contributed by atoms with van der Waals surface area (Å²) < 4.78 is 10.5. The molecule has 0 unspecified atom stereocenters. The molecule has 0 fully saturated rings. The highest BCUT2D eigenvalue weighted by molar-refractivity contribution is 6.42. The van der Waals surface area contributed by atoms with Gasteiger partial charge in [-0.05, 0) is 48.9 Å². The van der Waals surface area contributed by atoms with Gasteiger partial charge in [-0.2, -0.15) is 0 Å². The quantitative estimate of drug-likeness (QED) is 0.289. The Bertz CT molecular complexity index is 1200. The van der Waals surface area contributed by atoms with E-state index in [1.165, 1.54) is 37.3 Å². The number of benzene rings is 3. The number of carbonyl (C=O) groups excluding carboxylic acids is 3. The van der Waals surface area contributed by atoms with E-state index in [1.807, 2.05) is 18.2 Å². The van der Waals surface area contributed by atoms with E-state index < -0.39 is 24.0 Å². The summed E-state index contributed by atoms with van der Waals surface area (Å²) in [6.45, 7) is 1.47. The second-order valence-electron chi connectivity index (χ2n) is 7.07. The lowest BCUT2D eigenvalue weighted by molar-refractivity contribution is -0.136. The highest BCUT2D eigenvalue weighted by Crippen LogP contribution is 2.27. The summed E-state index contributed by atoms with van der Waals surface area (Å²) in [5, 5.41) is 5.88. The predicted molar refractivity (Wildman–Crippen MR) is 131 cm³/mol. The summed E-state index contributed by atoms with van der Waals surface area (Å²) in [6, 6.07) is 16.8. The molecule has 0 aliphatic heterocycles. The second-order valence-corrected chi connectivity index (χ2v) is 8.32. The van der Waals surface area contributed by atoms with Crippen LogP contribution in [0.4, 0.5) is 10.5 Å². The van der Waals surface area contributed by atoms with Crippen LogP contribution in [0.3, 0.4) is 0 Å². The molecule has 1 atom stereocenters. The van der Waals surface area contributed by atoms with Crippen molar-refractivity contribution < 1.29 is 23.9 Å². The first-order valence-electron chi connectivity index (χ1n) is 9.98. The van der Waals surface area contributed by atoms with Crippen molar-refractivity contribution in [2.24, 2.45) is 0 Å². The zero-order chi connectivity index (χ0) is 24.7. The smallest absolute Gasteiger partial charge is 0.408 e. The molecule has 3 aromatic carbocycles. The number of halogens is 3. The summed E-state index contributed by atoms with van der Waals surface area (Å²) >= 11 is 17.9. The highest BCUT2D eigenvalue weighted by Gasteiger charge is 2.22. The zero-order valence-electron chi connectivity index (χ0n) is 17.8. The maximum atomic E-state index is 12.8. The lowest BCUT2D eigenvalue weighted by Crippen LogP contribution is -2.41. The number of amides is 2. The van der Waals surface area contributed by atoms with Crippen molar-refractivity contribution in [2.45, 2.75) is 19.6 Å². The van der Waals surface area contributed by atoms with Crippen LogP contribution in [0.2, 0.25) is 15.1 Å². The van der Waals surface area contributed by atoms with E-state index in [-0.39, 0.29) is 28.0 Å². The molecule has 10 heteroatoms. The molecular weight excluding hydrogens is 503 g/mol. The van der Waals surface area contributed by atoms with Gasteiger partial charge >= 0.3 is 12.1 Å². The SMILES string of the molecule is C[C@H](NC(=O)OCc1ccccc1)C(=O)Oc1ccc(Cl)cc1C(=O)Nc1ccc(Cl)c(Cl)c1. The maximum Gasteiger partial charge on any atom is 0.408 e. The minimum absolute atomic E-state index is 0.00535. The molecule has 34 heavy (non-hydrogen) atoms. The summed E-state index contributed by atoms with van der Waals surface area (Å²) in [7, 11) is 0. The molecule has 0 saturated carbocycles. The highest BCUT2D eigenvalue weighted by atomic mass is 35.5. The fraction of sp³-hybridized carbons (Fsp3) is 0.125. The van der Waals surface area contributed by atoms with Crippen molar-refractivity contribution in [2.75, 3.05) is 5.32 Å². The first-order valence-corrected chi connectivity index (χ1v) is 11.1. The van der Waals surface area contributed by atoms with Gasteiger partial charge in [0.25, 0.3) is 5.91 Å². The van der Waals surface area contributed by atoms with Gasteiger partial charge in [0.2, 0.25) is 0 Å². The summed E-state index contributed by atoms with van der Waals surface area (Å²) in [4.78, 5) is 37.4. The van der Waals surface area contributed by atoms with E-state index in [9.17, 15) is 14.4 Å². The van der Waals surface area contributed by atoms with Gasteiger partial charge in [0.1, 0.15) is 18.4 Å². The molecule has 0 spiro atoms. The summed E-state index contributed by atoms with van der Waals surface area (Å²) in [6.07, 6.45) is -0.790. The van der Waals surface area contributed by atoms with Crippen LogP contribution in [0.1, 0.15) is 22.8 Å². The number of rotatable bonds is 7. The minimum Gasteiger partial charge on any atom is -0.445 e. The van der Waals surface area contributed by atoms with E-state index in [2.05, 4.69) is 10.6 Å². The number of alkyl carbamates (subject to hydrolysis) is 1. The number of ether oxygens (including phenoxy) is 2. The van der Waals surface area contributed by atoms with Crippen molar-refractivity contribution in [3.8, 4) is 5.75 Å². The van der Waals surface area contributed by atoms with Gasteiger partial charge in [-0.25, -0.2) is 9.59 Å². The Morgan fingerprint density at radius 2 is 1.65 bits per heavy atom. The fourth-order valence-electron chi connectivity index (χ4n) is 2.74. The van der Waals surface area contributed by atoms with Crippen LogP contribution in [0, 0.1) is 0 Å². The third-order valence-electron chi connectivity index (χ3n) is 4.47. The lowest BCUT2D eigenvalue weighted by Gasteiger charge is -2.15. The average molecular weight is 522 g/mol. The normalized spacial score (nSPS) is 11.3. The monoisotopic (exact) mass is 520 g/mol. The summed E-state index contributed by atoms with van der Waals surface area (Å²) in [5.41, 5.74) is 1.19. The Labute approximate surface area is 210 Å².